The predicted octanol–water partition coefficient (Wildman–Crippen LogP) is 5.73. The summed E-state index contributed by atoms with van der Waals surface area (Å²) >= 11 is 6.05. The van der Waals surface area contributed by atoms with Crippen LogP contribution in [0.1, 0.15) is 73.0 Å². The Hall–Kier alpha value is -6.45. The zero-order chi connectivity index (χ0) is 47.5. The molecule has 0 saturated heterocycles. The summed E-state index contributed by atoms with van der Waals surface area (Å²) < 4.78 is 14.3. The SMILES string of the molecule is C[C@@H]1CC(=O)[C@@H](N(C)C(=O)[C@H](CCCCN)CC(=O)c2ccc(-c3ccc(Cl)cc3)cc2)c2ccc(O)c(c2)-c2cc(ccc2O)C[C@@H](C(=O)C[C@@H](CF)C(=O)N(C)CC(N)=O)NC1=O. The zero-order valence-corrected chi connectivity index (χ0v) is 37.4. The number of amides is 4. The second-order valence-corrected chi connectivity index (χ2v) is 17.1. The first-order chi connectivity index (χ1) is 30.9. The molecule has 0 aromatic heterocycles. The van der Waals surface area contributed by atoms with Gasteiger partial charge in [-0.05, 0) is 84.5 Å². The fourth-order valence-electron chi connectivity index (χ4n) is 8.10. The van der Waals surface area contributed by atoms with Gasteiger partial charge in [-0.25, -0.2) is 0 Å². The number of carbonyl (C=O) groups is 7. The molecular formula is C49H55ClFN5O9. The van der Waals surface area contributed by atoms with Gasteiger partial charge in [0.05, 0.1) is 18.5 Å². The quantitative estimate of drug-likeness (QED) is 0.0638. The van der Waals surface area contributed by atoms with Crippen molar-refractivity contribution < 1.29 is 48.2 Å². The Morgan fingerprint density at radius 1 is 0.815 bits per heavy atom. The first-order valence-corrected chi connectivity index (χ1v) is 21.8. The molecule has 1 aliphatic heterocycles. The molecular weight excluding hydrogens is 857 g/mol. The Bertz CT molecular complexity index is 2410. The smallest absolute Gasteiger partial charge is 0.237 e. The van der Waals surface area contributed by atoms with Crippen molar-refractivity contribution in [3.63, 3.8) is 0 Å². The molecule has 1 heterocycles. The third-order valence-corrected chi connectivity index (χ3v) is 12.0. The monoisotopic (exact) mass is 911 g/mol. The fraction of sp³-hybridized carbons (Fsp3) is 0.367. The minimum Gasteiger partial charge on any atom is -0.507 e. The number of likely N-dealkylation sites (N-methyl/N-ethyl adjacent to an activating group) is 2. The molecule has 4 bridgehead atoms. The topological polar surface area (TPSA) is 230 Å². The number of benzene rings is 4. The molecule has 0 radical (unpaired) electrons. The number of fused-ring (bicyclic) bond motifs is 5. The molecule has 4 amide bonds. The summed E-state index contributed by atoms with van der Waals surface area (Å²) in [5.41, 5.74) is 14.0. The number of primary amides is 1. The van der Waals surface area contributed by atoms with Crippen LogP contribution < -0.4 is 16.8 Å². The molecule has 0 aliphatic carbocycles. The maximum atomic E-state index is 14.7. The number of aromatic hydroxyl groups is 2. The molecule has 1 aliphatic rings. The lowest BCUT2D eigenvalue weighted by Gasteiger charge is -2.32. The van der Waals surface area contributed by atoms with Crippen LogP contribution in [0.25, 0.3) is 22.3 Å². The largest absolute Gasteiger partial charge is 0.507 e. The number of phenols is 2. The standard InChI is InChI=1S/C49H55ClFN5O9/c1-28-20-44(61)46(56(3)49(65)34(6-4-5-19-52)24-42(59)32-10-8-30(9-11-32)31-12-15-36(50)16-13-31)33-14-18-41(58)38(23-33)37-21-29(7-17-40(37)57)22-39(54-47(28)63)43(60)25-35(26-51)48(64)55(2)27-45(53)62/h7-18,21,23,28,34-35,39,46,57-58H,4-6,19-20,22,24-27,52H2,1-3H3,(H2,53,62)(H,54,63)/t28-,34-,35+,39+,46+/m1/s1. The lowest BCUT2D eigenvalue weighted by atomic mass is 9.87. The van der Waals surface area contributed by atoms with E-state index in [4.69, 9.17) is 23.1 Å². The highest BCUT2D eigenvalue weighted by Gasteiger charge is 2.37. The van der Waals surface area contributed by atoms with E-state index < -0.39 is 91.1 Å². The summed E-state index contributed by atoms with van der Waals surface area (Å²) in [5, 5.41) is 25.5. The molecule has 5 rings (SSSR count). The van der Waals surface area contributed by atoms with E-state index in [1.165, 1.54) is 62.3 Å². The zero-order valence-electron chi connectivity index (χ0n) is 36.6. The van der Waals surface area contributed by atoms with E-state index in [0.29, 0.717) is 35.5 Å². The first kappa shape index (κ1) is 49.6. The van der Waals surface area contributed by atoms with Gasteiger partial charge in [0.1, 0.15) is 24.2 Å². The van der Waals surface area contributed by atoms with Crippen molar-refractivity contribution in [3.05, 3.63) is 107 Å². The molecule has 7 N–H and O–H groups in total. The number of ketones is 3. The number of halogens is 2. The highest BCUT2D eigenvalue weighted by atomic mass is 35.5. The molecule has 0 unspecified atom stereocenters. The average molecular weight is 912 g/mol. The van der Waals surface area contributed by atoms with E-state index in [-0.39, 0.29) is 53.2 Å². The lowest BCUT2D eigenvalue weighted by Crippen LogP contribution is -2.47. The number of nitrogens with zero attached hydrogens (tertiary/aromatic N) is 2. The third kappa shape index (κ3) is 12.6. The first-order valence-electron chi connectivity index (χ1n) is 21.4. The summed E-state index contributed by atoms with van der Waals surface area (Å²) in [6, 6.07) is 20.1. The van der Waals surface area contributed by atoms with Crippen molar-refractivity contribution in [2.24, 2.45) is 29.2 Å². The van der Waals surface area contributed by atoms with E-state index in [1.807, 2.05) is 24.3 Å². The van der Waals surface area contributed by atoms with Gasteiger partial charge in [0.2, 0.25) is 23.6 Å². The summed E-state index contributed by atoms with van der Waals surface area (Å²) in [6.45, 7) is 0.0819. The Kier molecular flexibility index (Phi) is 17.1. The van der Waals surface area contributed by atoms with Gasteiger partial charge in [0, 0.05) is 66.9 Å². The van der Waals surface area contributed by atoms with Crippen molar-refractivity contribution in [1.82, 2.24) is 15.1 Å². The van der Waals surface area contributed by atoms with Gasteiger partial charge in [-0.15, -0.1) is 0 Å². The van der Waals surface area contributed by atoms with Gasteiger partial charge in [-0.2, -0.15) is 0 Å². The van der Waals surface area contributed by atoms with E-state index in [1.54, 1.807) is 24.3 Å². The Morgan fingerprint density at radius 2 is 1.43 bits per heavy atom. The molecule has 65 heavy (non-hydrogen) atoms. The number of Topliss-reactive ketones (excluding diaryl/α,β-unsaturated/α-hetero) is 3. The number of nitrogens with two attached hydrogens (primary N) is 2. The molecule has 0 saturated carbocycles. The van der Waals surface area contributed by atoms with E-state index in [2.05, 4.69) is 5.32 Å². The summed E-state index contributed by atoms with van der Waals surface area (Å²) in [7, 11) is 2.68. The van der Waals surface area contributed by atoms with Gasteiger partial charge in [-0.3, -0.25) is 38.0 Å². The number of carbonyl (C=O) groups excluding carboxylic acids is 7. The average Bonchev–Trinajstić information content (AvgIpc) is 3.28. The van der Waals surface area contributed by atoms with Crippen LogP contribution in [-0.2, 0) is 35.2 Å². The number of phenolic OH excluding ortho intramolecular Hbond substituents is 2. The molecule has 344 valence electrons. The maximum absolute atomic E-state index is 14.7. The fourth-order valence-corrected chi connectivity index (χ4v) is 8.23. The summed E-state index contributed by atoms with van der Waals surface area (Å²) in [4.78, 5) is 97.4. The molecule has 5 atom stereocenters. The Labute approximate surface area is 382 Å². The van der Waals surface area contributed by atoms with Crippen molar-refractivity contribution in [2.45, 2.75) is 64.0 Å². The third-order valence-electron chi connectivity index (χ3n) is 11.8. The Morgan fingerprint density at radius 3 is 2.05 bits per heavy atom. The minimum absolute atomic E-state index is 0.0924. The highest BCUT2D eigenvalue weighted by molar-refractivity contribution is 6.30. The van der Waals surface area contributed by atoms with Gasteiger partial charge >= 0.3 is 0 Å². The van der Waals surface area contributed by atoms with Gasteiger partial charge < -0.3 is 36.8 Å². The van der Waals surface area contributed by atoms with Crippen molar-refractivity contribution in [1.29, 1.82) is 0 Å². The van der Waals surface area contributed by atoms with Crippen molar-refractivity contribution >= 4 is 52.6 Å². The van der Waals surface area contributed by atoms with Gasteiger partial charge in [0.15, 0.2) is 17.3 Å². The number of hydrogen-bond acceptors (Lipinski definition) is 10. The van der Waals surface area contributed by atoms with Crippen LogP contribution in [0.4, 0.5) is 4.39 Å². The van der Waals surface area contributed by atoms with Crippen molar-refractivity contribution in [3.8, 4) is 33.8 Å². The van der Waals surface area contributed by atoms with Crippen LogP contribution in [0.3, 0.4) is 0 Å². The van der Waals surface area contributed by atoms with E-state index >= 15 is 0 Å². The van der Waals surface area contributed by atoms with Gasteiger partial charge in [0.25, 0.3) is 0 Å². The molecule has 14 nitrogen and oxygen atoms in total. The normalized spacial score (nSPS) is 17.2. The van der Waals surface area contributed by atoms with Crippen LogP contribution in [0.5, 0.6) is 11.5 Å². The molecule has 0 spiro atoms. The molecule has 4 aromatic rings. The van der Waals surface area contributed by atoms with Gasteiger partial charge in [-0.1, -0.05) is 73.5 Å². The van der Waals surface area contributed by atoms with E-state index in [0.717, 1.165) is 16.0 Å². The number of hydrogen-bond donors (Lipinski definition) is 5. The predicted molar refractivity (Wildman–Crippen MR) is 243 cm³/mol. The summed E-state index contributed by atoms with van der Waals surface area (Å²) in [5.74, 6) is -8.50. The van der Waals surface area contributed by atoms with Crippen LogP contribution in [0.2, 0.25) is 5.02 Å². The van der Waals surface area contributed by atoms with Crippen molar-refractivity contribution in [2.75, 3.05) is 33.9 Å². The highest BCUT2D eigenvalue weighted by Crippen LogP contribution is 2.40. The second kappa shape index (κ2) is 22.4. The van der Waals surface area contributed by atoms with E-state index in [9.17, 15) is 48.2 Å². The number of unbranched alkanes of at least 4 members (excludes halogenated alkanes) is 1. The number of alkyl halides is 1. The summed E-state index contributed by atoms with van der Waals surface area (Å²) in [6.07, 6.45) is -0.0622. The number of nitrogens with one attached hydrogen (secondary N) is 1. The second-order valence-electron chi connectivity index (χ2n) is 16.7. The van der Waals surface area contributed by atoms with Crippen LogP contribution in [0, 0.1) is 17.8 Å². The van der Waals surface area contributed by atoms with Crippen LogP contribution in [-0.4, -0.2) is 101 Å². The Balaban J connectivity index is 1.48. The number of rotatable bonds is 17. The maximum Gasteiger partial charge on any atom is 0.237 e. The molecule has 16 heteroatoms. The molecule has 4 aromatic carbocycles. The van der Waals surface area contributed by atoms with Crippen LogP contribution in [0.15, 0.2) is 84.9 Å². The molecule has 0 fully saturated rings. The lowest BCUT2D eigenvalue weighted by molar-refractivity contribution is -0.142. The van der Waals surface area contributed by atoms with Crippen LogP contribution >= 0.6 is 11.6 Å². The minimum atomic E-state index is -1.49.